The van der Waals surface area contributed by atoms with Gasteiger partial charge in [0.05, 0.1) is 0 Å². The third-order valence-corrected chi connectivity index (χ3v) is 3.79. The number of nitrogen functional groups attached to an aromatic ring is 1. The van der Waals surface area contributed by atoms with Gasteiger partial charge in [0, 0.05) is 50.5 Å². The third kappa shape index (κ3) is 2.58. The first-order valence-corrected chi connectivity index (χ1v) is 6.49. The van der Waals surface area contributed by atoms with Gasteiger partial charge in [-0.1, -0.05) is 6.07 Å². The van der Waals surface area contributed by atoms with E-state index in [4.69, 9.17) is 5.73 Å². The number of anilines is 1. The quantitative estimate of drug-likeness (QED) is 0.842. The maximum atomic E-state index is 5.88. The summed E-state index contributed by atoms with van der Waals surface area (Å²) in [6.45, 7) is 5.68. The number of piperazine rings is 1. The zero-order valence-corrected chi connectivity index (χ0v) is 10.2. The van der Waals surface area contributed by atoms with Crippen LogP contribution < -0.4 is 5.73 Å². The van der Waals surface area contributed by atoms with Gasteiger partial charge >= 0.3 is 0 Å². The molecule has 2 heterocycles. The van der Waals surface area contributed by atoms with Crippen molar-refractivity contribution in [1.29, 1.82) is 0 Å². The van der Waals surface area contributed by atoms with Crippen LogP contribution in [0.2, 0.25) is 0 Å². The fourth-order valence-electron chi connectivity index (χ4n) is 2.55. The summed E-state index contributed by atoms with van der Waals surface area (Å²) >= 11 is 0. The lowest BCUT2D eigenvalue weighted by molar-refractivity contribution is 0.121. The molecule has 0 aromatic carbocycles. The van der Waals surface area contributed by atoms with Crippen LogP contribution in [0.25, 0.3) is 0 Å². The molecular weight excluding hydrogens is 212 g/mol. The van der Waals surface area contributed by atoms with Gasteiger partial charge in [-0.25, -0.2) is 4.98 Å². The molecular formula is C13H20N4. The molecule has 1 aromatic heterocycles. The van der Waals surface area contributed by atoms with Crippen LogP contribution in [0.4, 0.5) is 5.82 Å². The molecule has 1 aliphatic heterocycles. The Morgan fingerprint density at radius 2 is 2.00 bits per heavy atom. The van der Waals surface area contributed by atoms with E-state index in [-0.39, 0.29) is 0 Å². The Balaban J connectivity index is 1.55. The van der Waals surface area contributed by atoms with Crippen molar-refractivity contribution in [3.8, 4) is 0 Å². The first-order chi connectivity index (χ1) is 8.33. The lowest BCUT2D eigenvalue weighted by Crippen LogP contribution is -2.46. The summed E-state index contributed by atoms with van der Waals surface area (Å²) in [6.07, 6.45) is 4.58. The van der Waals surface area contributed by atoms with Crippen molar-refractivity contribution in [2.45, 2.75) is 25.4 Å². The molecule has 1 saturated heterocycles. The standard InChI is InChI=1S/C13H20N4/c14-13-11(2-1-5-15-13)10-16-6-8-17(9-7-16)12-3-4-12/h1-2,5,12H,3-4,6-10H2,(H2,14,15). The smallest absolute Gasteiger partial charge is 0.127 e. The highest BCUT2D eigenvalue weighted by atomic mass is 15.3. The minimum Gasteiger partial charge on any atom is -0.383 e. The van der Waals surface area contributed by atoms with Crippen molar-refractivity contribution in [2.24, 2.45) is 0 Å². The van der Waals surface area contributed by atoms with E-state index in [9.17, 15) is 0 Å². The summed E-state index contributed by atoms with van der Waals surface area (Å²) in [5, 5.41) is 0. The van der Waals surface area contributed by atoms with Crippen LogP contribution in [-0.4, -0.2) is 47.0 Å². The third-order valence-electron chi connectivity index (χ3n) is 3.79. The number of nitrogens with two attached hydrogens (primary N) is 1. The van der Waals surface area contributed by atoms with Gasteiger partial charge in [0.2, 0.25) is 0 Å². The predicted molar refractivity (Wildman–Crippen MR) is 68.5 cm³/mol. The zero-order chi connectivity index (χ0) is 11.7. The number of nitrogens with zero attached hydrogens (tertiary/aromatic N) is 3. The maximum Gasteiger partial charge on any atom is 0.127 e. The van der Waals surface area contributed by atoms with Crippen molar-refractivity contribution >= 4 is 5.82 Å². The zero-order valence-electron chi connectivity index (χ0n) is 10.2. The summed E-state index contributed by atoms with van der Waals surface area (Å²) in [5.74, 6) is 0.678. The first kappa shape index (κ1) is 11.0. The van der Waals surface area contributed by atoms with Gasteiger partial charge in [-0.2, -0.15) is 0 Å². The van der Waals surface area contributed by atoms with Crippen LogP contribution in [0, 0.1) is 0 Å². The van der Waals surface area contributed by atoms with Crippen molar-refractivity contribution in [3.05, 3.63) is 23.9 Å². The monoisotopic (exact) mass is 232 g/mol. The summed E-state index contributed by atoms with van der Waals surface area (Å²) < 4.78 is 0. The van der Waals surface area contributed by atoms with E-state index in [2.05, 4.69) is 20.9 Å². The van der Waals surface area contributed by atoms with E-state index in [1.165, 1.54) is 25.9 Å². The molecule has 17 heavy (non-hydrogen) atoms. The van der Waals surface area contributed by atoms with E-state index in [1.807, 2.05) is 6.07 Å². The lowest BCUT2D eigenvalue weighted by atomic mass is 10.2. The Hall–Kier alpha value is -1.13. The van der Waals surface area contributed by atoms with Gasteiger partial charge in [-0.05, 0) is 18.9 Å². The highest BCUT2D eigenvalue weighted by molar-refractivity contribution is 5.38. The van der Waals surface area contributed by atoms with Crippen LogP contribution in [0.15, 0.2) is 18.3 Å². The fourth-order valence-corrected chi connectivity index (χ4v) is 2.55. The minimum atomic E-state index is 0.678. The molecule has 2 fully saturated rings. The Kier molecular flexibility index (Phi) is 2.99. The predicted octanol–water partition coefficient (Wildman–Crippen LogP) is 0.944. The largest absolute Gasteiger partial charge is 0.383 e. The van der Waals surface area contributed by atoms with Crippen molar-refractivity contribution in [2.75, 3.05) is 31.9 Å². The number of aromatic nitrogens is 1. The number of rotatable bonds is 3. The number of hydrogen-bond donors (Lipinski definition) is 1. The SMILES string of the molecule is Nc1ncccc1CN1CCN(C2CC2)CC1. The first-order valence-electron chi connectivity index (χ1n) is 6.49. The molecule has 3 rings (SSSR count). The second-order valence-corrected chi connectivity index (χ2v) is 5.09. The van der Waals surface area contributed by atoms with Gasteiger partial charge in [0.1, 0.15) is 5.82 Å². The van der Waals surface area contributed by atoms with Crippen LogP contribution in [0.5, 0.6) is 0 Å². The second-order valence-electron chi connectivity index (χ2n) is 5.09. The van der Waals surface area contributed by atoms with E-state index in [0.29, 0.717) is 5.82 Å². The van der Waals surface area contributed by atoms with E-state index in [1.54, 1.807) is 6.20 Å². The minimum absolute atomic E-state index is 0.678. The van der Waals surface area contributed by atoms with Gasteiger partial charge < -0.3 is 5.73 Å². The number of pyridine rings is 1. The summed E-state index contributed by atoms with van der Waals surface area (Å²) in [4.78, 5) is 9.24. The summed E-state index contributed by atoms with van der Waals surface area (Å²) in [6, 6.07) is 4.95. The van der Waals surface area contributed by atoms with E-state index in [0.717, 1.165) is 31.2 Å². The molecule has 4 heteroatoms. The van der Waals surface area contributed by atoms with Crippen LogP contribution >= 0.6 is 0 Å². The topological polar surface area (TPSA) is 45.4 Å². The molecule has 0 atom stereocenters. The van der Waals surface area contributed by atoms with Crippen LogP contribution in [-0.2, 0) is 6.54 Å². The molecule has 1 aliphatic carbocycles. The normalized spacial score (nSPS) is 22.8. The summed E-state index contributed by atoms with van der Waals surface area (Å²) in [7, 11) is 0. The van der Waals surface area contributed by atoms with Gasteiger partial charge in [-0.3, -0.25) is 9.80 Å². The molecule has 0 bridgehead atoms. The second kappa shape index (κ2) is 4.63. The molecule has 1 saturated carbocycles. The van der Waals surface area contributed by atoms with Crippen molar-refractivity contribution < 1.29 is 0 Å². The van der Waals surface area contributed by atoms with Gasteiger partial charge in [0.15, 0.2) is 0 Å². The maximum absolute atomic E-state index is 5.88. The van der Waals surface area contributed by atoms with E-state index >= 15 is 0 Å². The molecule has 0 spiro atoms. The molecule has 2 N–H and O–H groups in total. The molecule has 1 aromatic rings. The molecule has 0 unspecified atom stereocenters. The number of hydrogen-bond acceptors (Lipinski definition) is 4. The Bertz CT molecular complexity index is 381. The van der Waals surface area contributed by atoms with Crippen molar-refractivity contribution in [1.82, 2.24) is 14.8 Å². The van der Waals surface area contributed by atoms with Gasteiger partial charge in [0.25, 0.3) is 0 Å². The molecule has 0 amide bonds. The fraction of sp³-hybridized carbons (Fsp3) is 0.615. The lowest BCUT2D eigenvalue weighted by Gasteiger charge is -2.34. The van der Waals surface area contributed by atoms with E-state index < -0.39 is 0 Å². The Morgan fingerprint density at radius 3 is 2.65 bits per heavy atom. The van der Waals surface area contributed by atoms with Crippen LogP contribution in [0.1, 0.15) is 18.4 Å². The molecule has 2 aliphatic rings. The van der Waals surface area contributed by atoms with Crippen molar-refractivity contribution in [3.63, 3.8) is 0 Å². The highest BCUT2D eigenvalue weighted by Crippen LogP contribution is 2.27. The Morgan fingerprint density at radius 1 is 1.24 bits per heavy atom. The summed E-state index contributed by atoms with van der Waals surface area (Å²) in [5.41, 5.74) is 7.03. The van der Waals surface area contributed by atoms with Gasteiger partial charge in [-0.15, -0.1) is 0 Å². The van der Waals surface area contributed by atoms with Crippen LogP contribution in [0.3, 0.4) is 0 Å². The highest BCUT2D eigenvalue weighted by Gasteiger charge is 2.31. The molecule has 4 nitrogen and oxygen atoms in total. The average Bonchev–Trinajstić information content (AvgIpc) is 3.17. The molecule has 92 valence electrons. The average molecular weight is 232 g/mol. The molecule has 0 radical (unpaired) electrons. The Labute approximate surface area is 102 Å².